The van der Waals surface area contributed by atoms with Crippen molar-refractivity contribution in [1.82, 2.24) is 9.55 Å². The lowest BCUT2D eigenvalue weighted by atomic mass is 10.2. The monoisotopic (exact) mass is 363 g/mol. The van der Waals surface area contributed by atoms with Gasteiger partial charge in [0.2, 0.25) is 5.91 Å². The van der Waals surface area contributed by atoms with Crippen molar-refractivity contribution in [3.63, 3.8) is 0 Å². The third kappa shape index (κ3) is 5.22. The van der Waals surface area contributed by atoms with Gasteiger partial charge in [0.25, 0.3) is 0 Å². The van der Waals surface area contributed by atoms with Gasteiger partial charge in [-0.05, 0) is 24.3 Å². The van der Waals surface area contributed by atoms with Gasteiger partial charge in [-0.3, -0.25) is 4.79 Å². The SMILES string of the molecule is COc1ccccc1/C=C/C(=O)Nc1ccccc1OCCn1ccnc1. The van der Waals surface area contributed by atoms with Gasteiger partial charge in [0.1, 0.15) is 18.1 Å². The van der Waals surface area contributed by atoms with Crippen molar-refractivity contribution >= 4 is 17.7 Å². The summed E-state index contributed by atoms with van der Waals surface area (Å²) in [6, 6.07) is 14.9. The summed E-state index contributed by atoms with van der Waals surface area (Å²) < 4.78 is 13.0. The highest BCUT2D eigenvalue weighted by atomic mass is 16.5. The minimum atomic E-state index is -0.244. The fourth-order valence-corrected chi connectivity index (χ4v) is 2.52. The molecule has 0 fully saturated rings. The normalized spacial score (nSPS) is 10.7. The molecule has 2 aromatic carbocycles. The number of amides is 1. The molecule has 3 rings (SSSR count). The predicted octanol–water partition coefficient (Wildman–Crippen LogP) is 3.62. The van der Waals surface area contributed by atoms with E-state index in [-0.39, 0.29) is 5.91 Å². The number of carbonyl (C=O) groups is 1. The second-order valence-corrected chi connectivity index (χ2v) is 5.71. The van der Waals surface area contributed by atoms with Crippen molar-refractivity contribution < 1.29 is 14.3 Å². The summed E-state index contributed by atoms with van der Waals surface area (Å²) in [4.78, 5) is 16.3. The molecule has 0 saturated carbocycles. The third-order valence-corrected chi connectivity index (χ3v) is 3.86. The number of ether oxygens (including phenoxy) is 2. The number of imidazole rings is 1. The number of hydrogen-bond acceptors (Lipinski definition) is 4. The van der Waals surface area contributed by atoms with E-state index in [9.17, 15) is 4.79 Å². The van der Waals surface area contributed by atoms with Gasteiger partial charge in [-0.1, -0.05) is 30.3 Å². The van der Waals surface area contributed by atoms with Crippen LogP contribution in [-0.4, -0.2) is 29.2 Å². The maximum Gasteiger partial charge on any atom is 0.248 e. The summed E-state index contributed by atoms with van der Waals surface area (Å²) >= 11 is 0. The zero-order chi connectivity index (χ0) is 18.9. The number of carbonyl (C=O) groups excluding carboxylic acids is 1. The molecule has 0 aliphatic carbocycles. The van der Waals surface area contributed by atoms with Gasteiger partial charge in [-0.15, -0.1) is 0 Å². The van der Waals surface area contributed by atoms with E-state index < -0.39 is 0 Å². The molecule has 1 N–H and O–H groups in total. The van der Waals surface area contributed by atoms with Crippen LogP contribution in [0.2, 0.25) is 0 Å². The Labute approximate surface area is 158 Å². The molecule has 0 aliphatic heterocycles. The molecule has 1 heterocycles. The zero-order valence-corrected chi connectivity index (χ0v) is 15.0. The van der Waals surface area contributed by atoms with Crippen LogP contribution in [0.3, 0.4) is 0 Å². The van der Waals surface area contributed by atoms with Crippen LogP contribution >= 0.6 is 0 Å². The largest absolute Gasteiger partial charge is 0.496 e. The molecule has 0 radical (unpaired) electrons. The van der Waals surface area contributed by atoms with Crippen molar-refractivity contribution in [2.45, 2.75) is 6.54 Å². The molecule has 0 atom stereocenters. The summed E-state index contributed by atoms with van der Waals surface area (Å²) in [5.41, 5.74) is 1.46. The summed E-state index contributed by atoms with van der Waals surface area (Å²) in [6.45, 7) is 1.15. The van der Waals surface area contributed by atoms with Crippen LogP contribution in [0.25, 0.3) is 6.08 Å². The highest BCUT2D eigenvalue weighted by Crippen LogP contribution is 2.24. The Morgan fingerprint density at radius 2 is 1.93 bits per heavy atom. The smallest absolute Gasteiger partial charge is 0.248 e. The minimum Gasteiger partial charge on any atom is -0.496 e. The first kappa shape index (κ1) is 18.3. The Kier molecular flexibility index (Phi) is 6.25. The number of nitrogens with zero attached hydrogens (tertiary/aromatic N) is 2. The fourth-order valence-electron chi connectivity index (χ4n) is 2.52. The molecule has 138 valence electrons. The summed E-state index contributed by atoms with van der Waals surface area (Å²) in [7, 11) is 1.60. The second-order valence-electron chi connectivity index (χ2n) is 5.71. The van der Waals surface area contributed by atoms with Crippen LogP contribution in [0.4, 0.5) is 5.69 Å². The minimum absolute atomic E-state index is 0.244. The van der Waals surface area contributed by atoms with Gasteiger partial charge < -0.3 is 19.4 Å². The number of rotatable bonds is 8. The van der Waals surface area contributed by atoms with E-state index in [1.807, 2.05) is 53.2 Å². The molecule has 1 amide bonds. The standard InChI is InChI=1S/C21H21N3O3/c1-26-19-8-4-2-6-17(19)10-11-21(25)23-18-7-3-5-9-20(18)27-15-14-24-13-12-22-16-24/h2-13,16H,14-15H2,1H3,(H,23,25)/b11-10+. The van der Waals surface area contributed by atoms with Crippen molar-refractivity contribution in [3.8, 4) is 11.5 Å². The number of aromatic nitrogens is 2. The van der Waals surface area contributed by atoms with Gasteiger partial charge >= 0.3 is 0 Å². The molecule has 27 heavy (non-hydrogen) atoms. The molecule has 0 spiro atoms. The maximum atomic E-state index is 12.3. The molecule has 0 bridgehead atoms. The van der Waals surface area contributed by atoms with E-state index in [1.165, 1.54) is 6.08 Å². The van der Waals surface area contributed by atoms with E-state index in [4.69, 9.17) is 9.47 Å². The number of benzene rings is 2. The van der Waals surface area contributed by atoms with Gasteiger partial charge in [0, 0.05) is 24.0 Å². The summed E-state index contributed by atoms with van der Waals surface area (Å²) in [6.07, 6.45) is 8.53. The van der Waals surface area contributed by atoms with Crippen LogP contribution in [0.1, 0.15) is 5.56 Å². The Balaban J connectivity index is 1.61. The van der Waals surface area contributed by atoms with Crippen molar-refractivity contribution in [2.75, 3.05) is 19.0 Å². The van der Waals surface area contributed by atoms with Crippen molar-refractivity contribution in [1.29, 1.82) is 0 Å². The Morgan fingerprint density at radius 1 is 1.15 bits per heavy atom. The molecule has 0 unspecified atom stereocenters. The molecular formula is C21H21N3O3. The van der Waals surface area contributed by atoms with Crippen LogP contribution < -0.4 is 14.8 Å². The van der Waals surface area contributed by atoms with Crippen LogP contribution in [-0.2, 0) is 11.3 Å². The lowest BCUT2D eigenvalue weighted by molar-refractivity contribution is -0.111. The Morgan fingerprint density at radius 3 is 2.70 bits per heavy atom. The lowest BCUT2D eigenvalue weighted by Gasteiger charge is -2.12. The maximum absolute atomic E-state index is 12.3. The first-order valence-corrected chi connectivity index (χ1v) is 8.56. The Hall–Kier alpha value is -3.54. The fraction of sp³-hybridized carbons (Fsp3) is 0.143. The highest BCUT2D eigenvalue weighted by Gasteiger charge is 2.06. The lowest BCUT2D eigenvalue weighted by Crippen LogP contribution is -2.11. The first-order valence-electron chi connectivity index (χ1n) is 8.56. The van der Waals surface area contributed by atoms with E-state index in [0.29, 0.717) is 30.3 Å². The molecule has 3 aromatic rings. The van der Waals surface area contributed by atoms with Crippen LogP contribution in [0, 0.1) is 0 Å². The first-order chi connectivity index (χ1) is 13.3. The number of anilines is 1. The van der Waals surface area contributed by atoms with E-state index in [2.05, 4.69) is 10.3 Å². The van der Waals surface area contributed by atoms with Gasteiger partial charge in [0.15, 0.2) is 0 Å². The van der Waals surface area contributed by atoms with Crippen molar-refractivity contribution in [2.24, 2.45) is 0 Å². The molecule has 0 aliphatic rings. The summed E-state index contributed by atoms with van der Waals surface area (Å²) in [5, 5.41) is 2.85. The third-order valence-electron chi connectivity index (χ3n) is 3.86. The number of para-hydroxylation sites is 3. The number of methoxy groups -OCH3 is 1. The molecule has 6 heteroatoms. The summed E-state index contributed by atoms with van der Waals surface area (Å²) in [5.74, 6) is 1.09. The molecular weight excluding hydrogens is 342 g/mol. The van der Waals surface area contributed by atoms with Crippen molar-refractivity contribution in [3.05, 3.63) is 78.9 Å². The number of hydrogen-bond donors (Lipinski definition) is 1. The van der Waals surface area contributed by atoms with Crippen LogP contribution in [0.15, 0.2) is 73.3 Å². The van der Waals surface area contributed by atoms with E-state index in [0.717, 1.165) is 5.56 Å². The Bertz CT molecular complexity index is 905. The van der Waals surface area contributed by atoms with Gasteiger partial charge in [-0.2, -0.15) is 0 Å². The van der Waals surface area contributed by atoms with Crippen LogP contribution in [0.5, 0.6) is 11.5 Å². The van der Waals surface area contributed by atoms with E-state index in [1.54, 1.807) is 31.8 Å². The zero-order valence-electron chi connectivity index (χ0n) is 15.0. The number of nitrogens with one attached hydrogen (secondary N) is 1. The average Bonchev–Trinajstić information content (AvgIpc) is 3.21. The molecule has 1 aromatic heterocycles. The van der Waals surface area contributed by atoms with Gasteiger partial charge in [0.05, 0.1) is 25.7 Å². The highest BCUT2D eigenvalue weighted by molar-refractivity contribution is 6.02. The quantitative estimate of drug-likeness (QED) is 0.621. The molecule has 6 nitrogen and oxygen atoms in total. The second kappa shape index (κ2) is 9.24. The average molecular weight is 363 g/mol. The molecule has 0 saturated heterocycles. The van der Waals surface area contributed by atoms with E-state index >= 15 is 0 Å². The topological polar surface area (TPSA) is 65.4 Å². The predicted molar refractivity (Wildman–Crippen MR) is 105 cm³/mol. The van der Waals surface area contributed by atoms with Gasteiger partial charge in [-0.25, -0.2) is 4.98 Å².